The average molecular weight is 338 g/mol. The van der Waals surface area contributed by atoms with Crippen LogP contribution in [-0.2, 0) is 11.2 Å². The molecule has 2 heterocycles. The Morgan fingerprint density at radius 3 is 2.88 bits per heavy atom. The van der Waals surface area contributed by atoms with E-state index in [2.05, 4.69) is 4.98 Å². The van der Waals surface area contributed by atoms with Crippen molar-refractivity contribution in [3.63, 3.8) is 0 Å². The molecule has 0 radical (unpaired) electrons. The van der Waals surface area contributed by atoms with Crippen LogP contribution in [0.2, 0.25) is 0 Å². The van der Waals surface area contributed by atoms with Crippen molar-refractivity contribution in [2.45, 2.75) is 13.3 Å². The maximum Gasteiger partial charge on any atom is 0.235 e. The van der Waals surface area contributed by atoms with Crippen LogP contribution in [-0.4, -0.2) is 24.0 Å². The molecule has 0 spiro atoms. The largest absolute Gasteiger partial charge is 0.492 e. The Kier molecular flexibility index (Phi) is 3.94. The number of hydrogen-bond donors (Lipinski definition) is 0. The molecule has 1 aromatic heterocycles. The smallest absolute Gasteiger partial charge is 0.235 e. The second kappa shape index (κ2) is 6.24. The van der Waals surface area contributed by atoms with Crippen LogP contribution >= 0.6 is 11.3 Å². The molecule has 24 heavy (non-hydrogen) atoms. The molecule has 0 bridgehead atoms. The molecule has 3 aromatic rings. The van der Waals surface area contributed by atoms with Crippen LogP contribution in [0.4, 0.5) is 5.13 Å². The van der Waals surface area contributed by atoms with Gasteiger partial charge >= 0.3 is 0 Å². The highest BCUT2D eigenvalue weighted by molar-refractivity contribution is 7.22. The molecule has 2 aromatic carbocycles. The number of thiazole rings is 1. The maximum absolute atomic E-state index is 13.0. The number of anilines is 1. The Bertz CT molecular complexity index is 857. The minimum atomic E-state index is -0.160. The molecule has 0 N–H and O–H groups in total. The van der Waals surface area contributed by atoms with E-state index in [1.165, 1.54) is 0 Å². The van der Waals surface area contributed by atoms with Gasteiger partial charge in [0.05, 0.1) is 16.1 Å². The van der Waals surface area contributed by atoms with E-state index in [0.717, 1.165) is 33.1 Å². The molecule has 1 aliphatic rings. The van der Waals surface area contributed by atoms with E-state index in [-0.39, 0.29) is 11.8 Å². The predicted octanol–water partition coefficient (Wildman–Crippen LogP) is 3.90. The number of ether oxygens (including phenoxy) is 1. The van der Waals surface area contributed by atoms with Gasteiger partial charge in [-0.3, -0.25) is 9.69 Å². The van der Waals surface area contributed by atoms with Gasteiger partial charge in [0.1, 0.15) is 12.4 Å². The minimum Gasteiger partial charge on any atom is -0.492 e. The van der Waals surface area contributed by atoms with Gasteiger partial charge in [0.2, 0.25) is 5.91 Å². The molecular weight excluding hydrogens is 320 g/mol. The SMILES string of the molecule is CCN(C(=O)C1COc2ccccc2C1)c1nc2ccccc2s1. The molecule has 122 valence electrons. The maximum atomic E-state index is 13.0. The van der Waals surface area contributed by atoms with Gasteiger partial charge in [-0.15, -0.1) is 0 Å². The molecule has 1 amide bonds. The summed E-state index contributed by atoms with van der Waals surface area (Å²) < 4.78 is 6.88. The lowest BCUT2D eigenvalue weighted by Gasteiger charge is -2.28. The zero-order valence-electron chi connectivity index (χ0n) is 13.4. The van der Waals surface area contributed by atoms with Crippen LogP contribution in [0.5, 0.6) is 5.75 Å². The number of aromatic nitrogens is 1. The first kappa shape index (κ1) is 15.1. The number of rotatable bonds is 3. The van der Waals surface area contributed by atoms with Crippen molar-refractivity contribution in [2.75, 3.05) is 18.1 Å². The summed E-state index contributed by atoms with van der Waals surface area (Å²) >= 11 is 1.56. The first-order valence-electron chi connectivity index (χ1n) is 8.14. The fourth-order valence-electron chi connectivity index (χ4n) is 3.07. The van der Waals surface area contributed by atoms with Crippen molar-refractivity contribution < 1.29 is 9.53 Å². The van der Waals surface area contributed by atoms with Crippen molar-refractivity contribution >= 4 is 32.6 Å². The number of benzene rings is 2. The molecule has 5 heteroatoms. The van der Waals surface area contributed by atoms with Crippen molar-refractivity contribution in [1.82, 2.24) is 4.98 Å². The Labute approximate surface area is 144 Å². The molecule has 0 saturated heterocycles. The third-order valence-corrected chi connectivity index (χ3v) is 5.38. The summed E-state index contributed by atoms with van der Waals surface area (Å²) in [5.74, 6) is 0.822. The van der Waals surface area contributed by atoms with Gasteiger partial charge in [-0.05, 0) is 37.1 Å². The molecule has 0 saturated carbocycles. The molecular formula is C19H18N2O2S. The van der Waals surface area contributed by atoms with Gasteiger partial charge < -0.3 is 4.74 Å². The van der Waals surface area contributed by atoms with Crippen LogP contribution in [0.3, 0.4) is 0 Å². The van der Waals surface area contributed by atoms with E-state index in [4.69, 9.17) is 4.74 Å². The molecule has 4 nitrogen and oxygen atoms in total. The lowest BCUT2D eigenvalue weighted by atomic mass is 9.95. The van der Waals surface area contributed by atoms with E-state index in [9.17, 15) is 4.79 Å². The van der Waals surface area contributed by atoms with Gasteiger partial charge in [0.25, 0.3) is 0 Å². The first-order valence-corrected chi connectivity index (χ1v) is 8.95. The summed E-state index contributed by atoms with van der Waals surface area (Å²) in [4.78, 5) is 19.4. The predicted molar refractivity (Wildman–Crippen MR) is 96.8 cm³/mol. The van der Waals surface area contributed by atoms with Gasteiger partial charge in [0, 0.05) is 6.54 Å². The number of para-hydroxylation sites is 2. The Balaban J connectivity index is 1.60. The Morgan fingerprint density at radius 2 is 2.04 bits per heavy atom. The zero-order chi connectivity index (χ0) is 16.5. The monoisotopic (exact) mass is 338 g/mol. The second-order valence-electron chi connectivity index (χ2n) is 5.87. The Hall–Kier alpha value is -2.40. The molecule has 0 aliphatic carbocycles. The third kappa shape index (κ3) is 2.65. The molecule has 0 fully saturated rings. The van der Waals surface area contributed by atoms with Crippen molar-refractivity contribution in [3.05, 3.63) is 54.1 Å². The average Bonchev–Trinajstić information content (AvgIpc) is 3.05. The number of carbonyl (C=O) groups excluding carboxylic acids is 1. The van der Waals surface area contributed by atoms with E-state index >= 15 is 0 Å². The summed E-state index contributed by atoms with van der Waals surface area (Å²) in [6.07, 6.45) is 0.719. The molecule has 1 atom stereocenters. The van der Waals surface area contributed by atoms with Crippen LogP contribution in [0.25, 0.3) is 10.2 Å². The summed E-state index contributed by atoms with van der Waals surface area (Å²) in [5, 5.41) is 0.766. The van der Waals surface area contributed by atoms with E-state index < -0.39 is 0 Å². The van der Waals surface area contributed by atoms with E-state index in [1.54, 1.807) is 16.2 Å². The molecule has 1 unspecified atom stereocenters. The lowest BCUT2D eigenvalue weighted by Crippen LogP contribution is -2.40. The summed E-state index contributed by atoms with van der Waals surface area (Å²) in [6, 6.07) is 15.9. The molecule has 1 aliphatic heterocycles. The quantitative estimate of drug-likeness (QED) is 0.727. The van der Waals surface area contributed by atoms with Crippen LogP contribution in [0.1, 0.15) is 12.5 Å². The number of carbonyl (C=O) groups is 1. The van der Waals surface area contributed by atoms with Gasteiger partial charge in [-0.2, -0.15) is 0 Å². The van der Waals surface area contributed by atoms with Crippen molar-refractivity contribution in [1.29, 1.82) is 0 Å². The van der Waals surface area contributed by atoms with Crippen molar-refractivity contribution in [2.24, 2.45) is 5.92 Å². The minimum absolute atomic E-state index is 0.0889. The molecule has 4 rings (SSSR count). The third-order valence-electron chi connectivity index (χ3n) is 4.32. The number of fused-ring (bicyclic) bond motifs is 2. The second-order valence-corrected chi connectivity index (χ2v) is 6.88. The number of nitrogens with zero attached hydrogens (tertiary/aromatic N) is 2. The van der Waals surface area contributed by atoms with E-state index in [1.807, 2.05) is 55.5 Å². The normalized spacial score (nSPS) is 16.5. The highest BCUT2D eigenvalue weighted by Gasteiger charge is 2.30. The van der Waals surface area contributed by atoms with Crippen molar-refractivity contribution in [3.8, 4) is 5.75 Å². The van der Waals surface area contributed by atoms with Crippen LogP contribution < -0.4 is 9.64 Å². The number of amides is 1. The van der Waals surface area contributed by atoms with Gasteiger partial charge in [0.15, 0.2) is 5.13 Å². The van der Waals surface area contributed by atoms with Crippen LogP contribution in [0.15, 0.2) is 48.5 Å². The van der Waals surface area contributed by atoms with Gasteiger partial charge in [-0.25, -0.2) is 4.98 Å². The summed E-state index contributed by atoms with van der Waals surface area (Å²) in [5.41, 5.74) is 2.04. The van der Waals surface area contributed by atoms with E-state index in [0.29, 0.717) is 13.2 Å². The fraction of sp³-hybridized carbons (Fsp3) is 0.263. The highest BCUT2D eigenvalue weighted by atomic mass is 32.1. The summed E-state index contributed by atoms with van der Waals surface area (Å²) in [7, 11) is 0. The Morgan fingerprint density at radius 1 is 1.25 bits per heavy atom. The van der Waals surface area contributed by atoms with Gasteiger partial charge in [-0.1, -0.05) is 41.7 Å². The standard InChI is InChI=1S/C19H18N2O2S/c1-2-21(19-20-15-8-4-6-10-17(15)24-19)18(22)14-11-13-7-3-5-9-16(13)23-12-14/h3-10,14H,2,11-12H2,1H3. The first-order chi connectivity index (χ1) is 11.8. The summed E-state index contributed by atoms with van der Waals surface area (Å²) in [6.45, 7) is 3.02. The topological polar surface area (TPSA) is 42.4 Å². The number of hydrogen-bond acceptors (Lipinski definition) is 4. The fourth-order valence-corrected chi connectivity index (χ4v) is 4.10. The zero-order valence-corrected chi connectivity index (χ0v) is 14.3. The highest BCUT2D eigenvalue weighted by Crippen LogP contribution is 2.32. The van der Waals surface area contributed by atoms with Crippen LogP contribution in [0, 0.1) is 5.92 Å². The lowest BCUT2D eigenvalue weighted by molar-refractivity contribution is -0.123.